The highest BCUT2D eigenvalue weighted by Gasteiger charge is 2.19. The van der Waals surface area contributed by atoms with E-state index < -0.39 is 11.9 Å². The fraction of sp³-hybridized carbons (Fsp3) is 0.389. The van der Waals surface area contributed by atoms with Gasteiger partial charge in [0.2, 0.25) is 0 Å². The van der Waals surface area contributed by atoms with Crippen molar-refractivity contribution in [3.8, 4) is 0 Å². The second-order valence-corrected chi connectivity index (χ2v) is 11.2. The third-order valence-electron chi connectivity index (χ3n) is 8.01. The number of carboxylic acids is 2. The van der Waals surface area contributed by atoms with Crippen LogP contribution in [-0.2, 0) is 22.5 Å². The first kappa shape index (κ1) is 31.2. The summed E-state index contributed by atoms with van der Waals surface area (Å²) in [5.41, 5.74) is 5.22. The molecule has 42 heavy (non-hydrogen) atoms. The fourth-order valence-electron chi connectivity index (χ4n) is 5.48. The van der Waals surface area contributed by atoms with E-state index in [1.54, 1.807) is 12.1 Å². The van der Waals surface area contributed by atoms with Crippen molar-refractivity contribution in [2.45, 2.75) is 64.0 Å². The number of allylic oxidation sites excluding steroid dienone is 4. The van der Waals surface area contributed by atoms with Gasteiger partial charge in [-0.1, -0.05) is 78.9 Å². The van der Waals surface area contributed by atoms with E-state index >= 15 is 0 Å². The van der Waals surface area contributed by atoms with Gasteiger partial charge in [-0.05, 0) is 91.8 Å². The number of aryl methyl sites for hydroxylation is 1. The Morgan fingerprint density at radius 1 is 0.905 bits per heavy atom. The van der Waals surface area contributed by atoms with Gasteiger partial charge in [0.05, 0.1) is 18.3 Å². The van der Waals surface area contributed by atoms with Crippen molar-refractivity contribution in [3.05, 3.63) is 119 Å². The fourth-order valence-corrected chi connectivity index (χ4v) is 5.48. The van der Waals surface area contributed by atoms with E-state index in [9.17, 15) is 14.7 Å². The zero-order valence-corrected chi connectivity index (χ0v) is 24.4. The molecule has 2 aromatic rings. The van der Waals surface area contributed by atoms with Crippen molar-refractivity contribution < 1.29 is 24.5 Å². The first-order chi connectivity index (χ1) is 20.5. The van der Waals surface area contributed by atoms with Gasteiger partial charge in [0.1, 0.15) is 0 Å². The van der Waals surface area contributed by atoms with Crippen LogP contribution in [-0.4, -0.2) is 52.9 Å². The lowest BCUT2D eigenvalue weighted by Gasteiger charge is -2.27. The standard InChI is InChI=1S/C36H43NO5/c38-35(39)12-6-7-24-37(26-30-19-21-33(22-20-30)36(40)41)25-23-32-10-4-5-11-34(32)42-27-31-17-15-29(16-18-31)14-13-28-8-2-1-3-9-28/h1-5,8-10,15,17-22,29,34H,6-7,11-14,16,23-27H2,(H,38,39)(H,40,41). The van der Waals surface area contributed by atoms with E-state index in [2.05, 4.69) is 71.7 Å². The highest BCUT2D eigenvalue weighted by molar-refractivity contribution is 5.87. The summed E-state index contributed by atoms with van der Waals surface area (Å²) in [7, 11) is 0. The van der Waals surface area contributed by atoms with Crippen LogP contribution in [0.4, 0.5) is 0 Å². The summed E-state index contributed by atoms with van der Waals surface area (Å²) in [5, 5.41) is 18.2. The molecule has 2 aliphatic rings. The lowest BCUT2D eigenvalue weighted by molar-refractivity contribution is -0.137. The number of rotatable bonds is 17. The Kier molecular flexibility index (Phi) is 12.4. The molecule has 0 heterocycles. The van der Waals surface area contributed by atoms with Crippen LogP contribution in [0, 0.1) is 5.92 Å². The van der Waals surface area contributed by atoms with E-state index in [1.807, 2.05) is 12.1 Å². The molecule has 222 valence electrons. The molecule has 0 amide bonds. The summed E-state index contributed by atoms with van der Waals surface area (Å²) in [5.74, 6) is -1.13. The molecule has 0 fully saturated rings. The molecule has 2 atom stereocenters. The Balaban J connectivity index is 1.26. The minimum Gasteiger partial charge on any atom is -0.481 e. The first-order valence-corrected chi connectivity index (χ1v) is 15.1. The van der Waals surface area contributed by atoms with Crippen LogP contribution in [0.5, 0.6) is 0 Å². The number of aromatic carboxylic acids is 1. The third kappa shape index (κ3) is 10.6. The zero-order chi connectivity index (χ0) is 29.6. The van der Waals surface area contributed by atoms with Gasteiger partial charge in [-0.15, -0.1) is 0 Å². The summed E-state index contributed by atoms with van der Waals surface area (Å²) < 4.78 is 6.43. The molecule has 0 spiro atoms. The number of ether oxygens (including phenoxy) is 1. The maximum Gasteiger partial charge on any atom is 0.335 e. The van der Waals surface area contributed by atoms with Gasteiger partial charge in [0.25, 0.3) is 0 Å². The number of nitrogens with zero attached hydrogens (tertiary/aromatic N) is 1. The number of carboxylic acid groups (broad SMARTS) is 2. The Morgan fingerprint density at radius 3 is 2.43 bits per heavy atom. The Morgan fingerprint density at radius 2 is 1.71 bits per heavy atom. The minimum absolute atomic E-state index is 0.0452. The maximum atomic E-state index is 11.2. The van der Waals surface area contributed by atoms with E-state index in [0.29, 0.717) is 25.5 Å². The molecule has 0 bridgehead atoms. The molecular formula is C36H43NO5. The van der Waals surface area contributed by atoms with Gasteiger partial charge in [0.15, 0.2) is 0 Å². The Bertz CT molecular complexity index is 1280. The molecule has 0 radical (unpaired) electrons. The predicted octanol–water partition coefficient (Wildman–Crippen LogP) is 7.24. The zero-order valence-electron chi connectivity index (χ0n) is 24.4. The van der Waals surface area contributed by atoms with Crippen LogP contribution in [0.3, 0.4) is 0 Å². The molecule has 2 aliphatic carbocycles. The molecule has 2 unspecified atom stereocenters. The van der Waals surface area contributed by atoms with Crippen LogP contribution in [0.2, 0.25) is 0 Å². The minimum atomic E-state index is -0.933. The SMILES string of the molecule is O=C(O)CCCCN(CCC1=CC=CCC1OCC1=CCC(CCc2ccccc2)C=C1)Cc1ccc(C(=O)O)cc1. The Labute approximate surface area is 249 Å². The Hall–Kier alpha value is -3.74. The number of benzene rings is 2. The number of aliphatic carboxylic acids is 1. The van der Waals surface area contributed by atoms with Crippen LogP contribution in [0.25, 0.3) is 0 Å². The second kappa shape index (κ2) is 16.6. The molecule has 0 aromatic heterocycles. The topological polar surface area (TPSA) is 87.1 Å². The van der Waals surface area contributed by atoms with E-state index in [0.717, 1.165) is 57.2 Å². The van der Waals surface area contributed by atoms with Crippen molar-refractivity contribution in [2.24, 2.45) is 5.92 Å². The molecule has 2 N–H and O–H groups in total. The average molecular weight is 570 g/mol. The predicted molar refractivity (Wildman–Crippen MR) is 166 cm³/mol. The van der Waals surface area contributed by atoms with Crippen LogP contribution < -0.4 is 0 Å². The van der Waals surface area contributed by atoms with Crippen LogP contribution >= 0.6 is 0 Å². The molecule has 6 nitrogen and oxygen atoms in total. The summed E-state index contributed by atoms with van der Waals surface area (Å²) >= 11 is 0. The van der Waals surface area contributed by atoms with Crippen LogP contribution in [0.15, 0.2) is 102 Å². The van der Waals surface area contributed by atoms with Crippen molar-refractivity contribution in [3.63, 3.8) is 0 Å². The van der Waals surface area contributed by atoms with Crippen molar-refractivity contribution in [1.29, 1.82) is 0 Å². The van der Waals surface area contributed by atoms with Gasteiger partial charge in [-0.25, -0.2) is 4.79 Å². The van der Waals surface area contributed by atoms with Gasteiger partial charge in [0, 0.05) is 19.5 Å². The van der Waals surface area contributed by atoms with Crippen molar-refractivity contribution in [1.82, 2.24) is 4.90 Å². The largest absolute Gasteiger partial charge is 0.481 e. The van der Waals surface area contributed by atoms with Crippen LogP contribution in [0.1, 0.15) is 66.4 Å². The maximum absolute atomic E-state index is 11.2. The molecule has 6 heteroatoms. The van der Waals surface area contributed by atoms with Gasteiger partial charge in [-0.2, -0.15) is 0 Å². The lowest BCUT2D eigenvalue weighted by atomic mass is 9.91. The molecule has 4 rings (SSSR count). The summed E-state index contributed by atoms with van der Waals surface area (Å²) in [6.07, 6.45) is 20.0. The van der Waals surface area contributed by atoms with E-state index in [-0.39, 0.29) is 18.1 Å². The molecular weight excluding hydrogens is 526 g/mol. The quantitative estimate of drug-likeness (QED) is 0.195. The highest BCUT2D eigenvalue weighted by Crippen LogP contribution is 2.25. The van der Waals surface area contributed by atoms with E-state index in [4.69, 9.17) is 9.84 Å². The lowest BCUT2D eigenvalue weighted by Crippen LogP contribution is -2.28. The number of hydrogen-bond donors (Lipinski definition) is 2. The van der Waals surface area contributed by atoms with Crippen molar-refractivity contribution in [2.75, 3.05) is 19.7 Å². The normalized spacial score (nSPS) is 18.1. The van der Waals surface area contributed by atoms with E-state index in [1.165, 1.54) is 16.7 Å². The second-order valence-electron chi connectivity index (χ2n) is 11.2. The number of carbonyl (C=O) groups is 2. The van der Waals surface area contributed by atoms with Crippen molar-refractivity contribution >= 4 is 11.9 Å². The molecule has 0 saturated carbocycles. The van der Waals surface area contributed by atoms with Gasteiger partial charge < -0.3 is 14.9 Å². The van der Waals surface area contributed by atoms with Gasteiger partial charge >= 0.3 is 11.9 Å². The van der Waals surface area contributed by atoms with Gasteiger partial charge in [-0.3, -0.25) is 9.69 Å². The average Bonchev–Trinajstić information content (AvgIpc) is 3.01. The smallest absolute Gasteiger partial charge is 0.335 e. The highest BCUT2D eigenvalue weighted by atomic mass is 16.5. The summed E-state index contributed by atoms with van der Waals surface area (Å²) in [4.78, 5) is 24.5. The monoisotopic (exact) mass is 569 g/mol. The summed E-state index contributed by atoms with van der Waals surface area (Å²) in [6, 6.07) is 17.7. The number of hydrogen-bond acceptors (Lipinski definition) is 4. The third-order valence-corrected chi connectivity index (χ3v) is 8.01. The molecule has 0 saturated heterocycles. The first-order valence-electron chi connectivity index (χ1n) is 15.1. The molecule has 0 aliphatic heterocycles. The molecule has 2 aromatic carbocycles. The summed E-state index contributed by atoms with van der Waals surface area (Å²) in [6.45, 7) is 2.89. The number of unbranched alkanes of at least 4 members (excludes halogenated alkanes) is 1.